The molecule has 0 bridgehead atoms. The summed E-state index contributed by atoms with van der Waals surface area (Å²) in [5.41, 5.74) is -0.593. The zero-order chi connectivity index (χ0) is 32.7. The Balaban J connectivity index is 3.49. The fourth-order valence-electron chi connectivity index (χ4n) is 3.13. The molecule has 0 heterocycles. The molecule has 0 aromatic rings. The summed E-state index contributed by atoms with van der Waals surface area (Å²) in [6.07, 6.45) is -0.757. The summed E-state index contributed by atoms with van der Waals surface area (Å²) in [5.74, 6) is -1.87. The van der Waals surface area contributed by atoms with Crippen molar-refractivity contribution in [1.82, 2.24) is 5.32 Å². The highest BCUT2D eigenvalue weighted by Crippen LogP contribution is 2.08. The number of carboxylic acid groups (broad SMARTS) is 1. The van der Waals surface area contributed by atoms with Gasteiger partial charge in [0, 0.05) is 13.7 Å². The molecule has 0 aromatic carbocycles. The molecule has 0 radical (unpaired) electrons. The first-order valence-electron chi connectivity index (χ1n) is 15.1. The van der Waals surface area contributed by atoms with Gasteiger partial charge in [-0.25, -0.2) is 9.59 Å². The molecule has 0 aromatic heterocycles. The number of rotatable bonds is 31. The maximum atomic E-state index is 12.0. The number of esters is 1. The average molecular weight is 642 g/mol. The maximum Gasteiger partial charge on any atom is 0.407 e. The van der Waals surface area contributed by atoms with Crippen LogP contribution in [0.3, 0.4) is 0 Å². The number of hydrogen-bond acceptors (Lipinski definition) is 13. The van der Waals surface area contributed by atoms with Gasteiger partial charge in [-0.15, -0.1) is 0 Å². The lowest BCUT2D eigenvalue weighted by Gasteiger charge is -2.19. The van der Waals surface area contributed by atoms with Gasteiger partial charge in [-0.2, -0.15) is 0 Å². The second-order valence-corrected chi connectivity index (χ2v) is 10.3. The third-order valence-corrected chi connectivity index (χ3v) is 5.22. The van der Waals surface area contributed by atoms with Crippen molar-refractivity contribution in [3.8, 4) is 0 Å². The predicted octanol–water partition coefficient (Wildman–Crippen LogP) is 1.83. The van der Waals surface area contributed by atoms with E-state index < -0.39 is 29.7 Å². The summed E-state index contributed by atoms with van der Waals surface area (Å²) in [7, 11) is 1.63. The topological polar surface area (TPSA) is 176 Å². The number of amides is 1. The van der Waals surface area contributed by atoms with Crippen LogP contribution in [0.5, 0.6) is 0 Å². The second kappa shape index (κ2) is 29.6. The normalized spacial score (nSPS) is 12.2. The first-order chi connectivity index (χ1) is 21.2. The Hall–Kier alpha value is -2.11. The molecule has 0 aliphatic rings. The summed E-state index contributed by atoms with van der Waals surface area (Å²) < 4.78 is 52.7. The third kappa shape index (κ3) is 31.3. The Morgan fingerprint density at radius 1 is 0.636 bits per heavy atom. The minimum absolute atomic E-state index is 0.0724. The van der Waals surface area contributed by atoms with Crippen molar-refractivity contribution in [1.29, 1.82) is 0 Å². The molecule has 0 spiro atoms. The minimum Gasteiger partial charge on any atom is -0.479 e. The molecule has 0 rings (SSSR count). The van der Waals surface area contributed by atoms with Gasteiger partial charge in [0.2, 0.25) is 0 Å². The highest BCUT2D eigenvalue weighted by atomic mass is 16.6. The van der Waals surface area contributed by atoms with E-state index in [1.807, 2.05) is 0 Å². The van der Waals surface area contributed by atoms with Crippen molar-refractivity contribution in [2.45, 2.75) is 58.2 Å². The quantitative estimate of drug-likeness (QED) is 0.0828. The maximum absolute atomic E-state index is 12.0. The number of carbonyl (C=O) groups is 3. The molecule has 260 valence electrons. The number of ether oxygens (including phenoxy) is 10. The SMILES string of the molecule is COCCOCCOCCOCCOCCOCCOCCOCCC(=O)O[C@@H](CCCCNC(=O)OC(C)(C)C)C(=O)O. The van der Waals surface area contributed by atoms with E-state index in [1.165, 1.54) is 0 Å². The molecule has 15 nitrogen and oxygen atoms in total. The lowest BCUT2D eigenvalue weighted by atomic mass is 10.1. The molecule has 0 saturated carbocycles. The molecule has 1 atom stereocenters. The van der Waals surface area contributed by atoms with Crippen molar-refractivity contribution in [3.05, 3.63) is 0 Å². The minimum atomic E-state index is -1.25. The van der Waals surface area contributed by atoms with Gasteiger partial charge in [0.15, 0.2) is 6.10 Å². The van der Waals surface area contributed by atoms with Crippen molar-refractivity contribution >= 4 is 18.0 Å². The fourth-order valence-corrected chi connectivity index (χ4v) is 3.13. The van der Waals surface area contributed by atoms with Crippen LogP contribution in [0, 0.1) is 0 Å². The molecule has 2 N–H and O–H groups in total. The van der Waals surface area contributed by atoms with Crippen LogP contribution in [0.1, 0.15) is 46.5 Å². The molecule has 0 aliphatic heterocycles. The Bertz CT molecular complexity index is 704. The molecule has 1 amide bonds. The van der Waals surface area contributed by atoms with Gasteiger partial charge in [-0.3, -0.25) is 4.79 Å². The Labute approximate surface area is 261 Å². The lowest BCUT2D eigenvalue weighted by Crippen LogP contribution is -2.33. The van der Waals surface area contributed by atoms with Crippen LogP contribution in [0.15, 0.2) is 0 Å². The van der Waals surface area contributed by atoms with Crippen LogP contribution in [0.4, 0.5) is 4.79 Å². The van der Waals surface area contributed by atoms with Gasteiger partial charge < -0.3 is 57.8 Å². The van der Waals surface area contributed by atoms with Gasteiger partial charge in [0.05, 0.1) is 106 Å². The number of hydrogen-bond donors (Lipinski definition) is 2. The van der Waals surface area contributed by atoms with Crippen LogP contribution < -0.4 is 5.32 Å². The van der Waals surface area contributed by atoms with Crippen LogP contribution in [-0.2, 0) is 57.0 Å². The zero-order valence-corrected chi connectivity index (χ0v) is 27.0. The molecule has 0 unspecified atom stereocenters. The van der Waals surface area contributed by atoms with Crippen LogP contribution >= 0.6 is 0 Å². The smallest absolute Gasteiger partial charge is 0.407 e. The van der Waals surface area contributed by atoms with E-state index in [0.29, 0.717) is 105 Å². The highest BCUT2D eigenvalue weighted by molar-refractivity contribution is 5.78. The summed E-state index contributed by atoms with van der Waals surface area (Å²) >= 11 is 0. The largest absolute Gasteiger partial charge is 0.479 e. The van der Waals surface area contributed by atoms with E-state index in [0.717, 1.165) is 0 Å². The van der Waals surface area contributed by atoms with E-state index in [4.69, 9.17) is 47.4 Å². The molecule has 44 heavy (non-hydrogen) atoms. The van der Waals surface area contributed by atoms with Gasteiger partial charge in [-0.1, -0.05) is 0 Å². The van der Waals surface area contributed by atoms with E-state index in [9.17, 15) is 19.5 Å². The Kier molecular flexibility index (Phi) is 28.2. The van der Waals surface area contributed by atoms with Crippen LogP contribution in [-0.4, -0.2) is 148 Å². The van der Waals surface area contributed by atoms with Gasteiger partial charge in [0.1, 0.15) is 5.60 Å². The molecular formula is C29H55NO14. The summed E-state index contributed by atoms with van der Waals surface area (Å²) in [6.45, 7) is 12.1. The summed E-state index contributed by atoms with van der Waals surface area (Å²) in [4.78, 5) is 35.0. The highest BCUT2D eigenvalue weighted by Gasteiger charge is 2.22. The standard InChI is InChI=1S/C29H55NO14/c1-29(2,3)44-28(34)30-9-6-5-7-25(27(32)33)43-26(31)8-10-36-13-14-38-17-18-40-21-22-42-24-23-41-20-19-39-16-15-37-12-11-35-4/h25H,5-24H2,1-4H3,(H,30,34)(H,32,33)/t25-/m0/s1. The number of carboxylic acids is 1. The number of alkyl carbamates (subject to hydrolysis) is 1. The van der Waals surface area contributed by atoms with E-state index in [2.05, 4.69) is 5.32 Å². The number of aliphatic carboxylic acids is 1. The van der Waals surface area contributed by atoms with E-state index in [1.54, 1.807) is 27.9 Å². The first kappa shape index (κ1) is 41.9. The number of nitrogens with one attached hydrogen (secondary N) is 1. The Morgan fingerprint density at radius 2 is 1.05 bits per heavy atom. The van der Waals surface area contributed by atoms with Crippen LogP contribution in [0.25, 0.3) is 0 Å². The molecular weight excluding hydrogens is 586 g/mol. The lowest BCUT2D eigenvalue weighted by molar-refractivity contribution is -0.165. The van der Waals surface area contributed by atoms with Gasteiger partial charge in [0.25, 0.3) is 0 Å². The van der Waals surface area contributed by atoms with Gasteiger partial charge >= 0.3 is 18.0 Å². The molecule has 0 saturated heterocycles. The predicted molar refractivity (Wildman–Crippen MR) is 158 cm³/mol. The van der Waals surface area contributed by atoms with Gasteiger partial charge in [-0.05, 0) is 40.0 Å². The molecule has 15 heteroatoms. The number of methoxy groups -OCH3 is 1. The number of unbranched alkanes of at least 4 members (excludes halogenated alkanes) is 1. The third-order valence-electron chi connectivity index (χ3n) is 5.22. The molecule has 0 aliphatic carbocycles. The van der Waals surface area contributed by atoms with Crippen LogP contribution in [0.2, 0.25) is 0 Å². The van der Waals surface area contributed by atoms with Crippen molar-refractivity contribution in [2.75, 3.05) is 113 Å². The average Bonchev–Trinajstić information content (AvgIpc) is 2.95. The number of carbonyl (C=O) groups excluding carboxylic acids is 2. The van der Waals surface area contributed by atoms with Crippen molar-refractivity contribution < 1.29 is 66.9 Å². The fraction of sp³-hybridized carbons (Fsp3) is 0.897. The Morgan fingerprint density at radius 3 is 1.43 bits per heavy atom. The summed E-state index contributed by atoms with van der Waals surface area (Å²) in [6, 6.07) is 0. The van der Waals surface area contributed by atoms with E-state index >= 15 is 0 Å². The van der Waals surface area contributed by atoms with Crippen molar-refractivity contribution in [2.24, 2.45) is 0 Å². The van der Waals surface area contributed by atoms with E-state index in [-0.39, 0.29) is 26.1 Å². The van der Waals surface area contributed by atoms with Crippen molar-refractivity contribution in [3.63, 3.8) is 0 Å². The monoisotopic (exact) mass is 641 g/mol. The second-order valence-electron chi connectivity index (χ2n) is 10.3. The zero-order valence-electron chi connectivity index (χ0n) is 27.0. The first-order valence-corrected chi connectivity index (χ1v) is 15.1. The molecule has 0 fully saturated rings. The summed E-state index contributed by atoms with van der Waals surface area (Å²) in [5, 5.41) is 11.9.